The van der Waals surface area contributed by atoms with E-state index in [-0.39, 0.29) is 5.56 Å². The molecule has 0 saturated heterocycles. The van der Waals surface area contributed by atoms with Crippen LogP contribution in [0.1, 0.15) is 22.6 Å². The van der Waals surface area contributed by atoms with Crippen LogP contribution in [0.25, 0.3) is 11.3 Å². The molecular formula is C19H20N4O2. The summed E-state index contributed by atoms with van der Waals surface area (Å²) in [6, 6.07) is 11.9. The highest BCUT2D eigenvalue weighted by molar-refractivity contribution is 5.59. The molecule has 6 nitrogen and oxygen atoms in total. The van der Waals surface area contributed by atoms with E-state index in [9.17, 15) is 4.79 Å². The molecule has 3 heterocycles. The first-order valence-corrected chi connectivity index (χ1v) is 8.39. The first-order chi connectivity index (χ1) is 12.1. The van der Waals surface area contributed by atoms with Gasteiger partial charge in [0, 0.05) is 44.3 Å². The van der Waals surface area contributed by atoms with Crippen LogP contribution in [0.15, 0.2) is 45.7 Å². The molecule has 1 aromatic carbocycles. The van der Waals surface area contributed by atoms with Crippen molar-refractivity contribution in [1.82, 2.24) is 19.8 Å². The fourth-order valence-electron chi connectivity index (χ4n) is 3.15. The zero-order chi connectivity index (χ0) is 17.4. The molecule has 0 spiro atoms. The molecule has 4 rings (SSSR count). The maximum atomic E-state index is 11.8. The second-order valence-corrected chi connectivity index (χ2v) is 6.58. The topological polar surface area (TPSA) is 64.2 Å². The van der Waals surface area contributed by atoms with E-state index < -0.39 is 0 Å². The van der Waals surface area contributed by atoms with Crippen LogP contribution in [-0.4, -0.2) is 26.4 Å². The zero-order valence-corrected chi connectivity index (χ0v) is 14.4. The number of benzene rings is 1. The zero-order valence-electron chi connectivity index (χ0n) is 14.4. The van der Waals surface area contributed by atoms with Crippen molar-refractivity contribution in [2.75, 3.05) is 6.54 Å². The van der Waals surface area contributed by atoms with E-state index in [0.717, 1.165) is 41.2 Å². The van der Waals surface area contributed by atoms with Gasteiger partial charge in [-0.1, -0.05) is 35.0 Å². The van der Waals surface area contributed by atoms with E-state index in [1.807, 2.05) is 6.07 Å². The van der Waals surface area contributed by atoms with E-state index in [1.165, 1.54) is 10.2 Å². The molecule has 0 amide bonds. The lowest BCUT2D eigenvalue weighted by molar-refractivity contribution is 0.212. The maximum Gasteiger partial charge on any atom is 0.266 e. The van der Waals surface area contributed by atoms with E-state index in [4.69, 9.17) is 4.52 Å². The number of rotatable bonds is 3. The highest BCUT2D eigenvalue weighted by Crippen LogP contribution is 2.22. The summed E-state index contributed by atoms with van der Waals surface area (Å²) in [4.78, 5) is 14.0. The molecule has 0 radical (unpaired) electrons. The molecule has 1 aliphatic heterocycles. The monoisotopic (exact) mass is 336 g/mol. The summed E-state index contributed by atoms with van der Waals surface area (Å²) in [6.45, 7) is 4.33. The molecule has 25 heavy (non-hydrogen) atoms. The van der Waals surface area contributed by atoms with E-state index in [2.05, 4.69) is 46.3 Å². The lowest BCUT2D eigenvalue weighted by Gasteiger charge is -2.26. The Morgan fingerprint density at radius 1 is 1.20 bits per heavy atom. The largest absolute Gasteiger partial charge is 0.359 e. The molecule has 0 N–H and O–H groups in total. The van der Waals surface area contributed by atoms with Crippen molar-refractivity contribution in [3.63, 3.8) is 0 Å². The third-order valence-electron chi connectivity index (χ3n) is 4.60. The molecule has 128 valence electrons. The van der Waals surface area contributed by atoms with E-state index in [1.54, 1.807) is 13.1 Å². The molecule has 0 saturated carbocycles. The number of hydrogen-bond donors (Lipinski definition) is 0. The molecule has 0 unspecified atom stereocenters. The Bertz CT molecular complexity index is 956. The van der Waals surface area contributed by atoms with Gasteiger partial charge in [-0.25, -0.2) is 4.68 Å². The lowest BCUT2D eigenvalue weighted by Crippen LogP contribution is -2.33. The van der Waals surface area contributed by atoms with Crippen LogP contribution >= 0.6 is 0 Å². The van der Waals surface area contributed by atoms with Gasteiger partial charge in [0.25, 0.3) is 5.56 Å². The van der Waals surface area contributed by atoms with Crippen molar-refractivity contribution in [2.24, 2.45) is 7.05 Å². The molecule has 0 fully saturated rings. The van der Waals surface area contributed by atoms with Crippen LogP contribution in [0, 0.1) is 6.92 Å². The quantitative estimate of drug-likeness (QED) is 0.734. The van der Waals surface area contributed by atoms with Crippen LogP contribution in [0.5, 0.6) is 0 Å². The molecule has 6 heteroatoms. The normalized spacial score (nSPS) is 14.5. The van der Waals surface area contributed by atoms with Gasteiger partial charge in [-0.3, -0.25) is 9.69 Å². The molecular weight excluding hydrogens is 316 g/mol. The smallest absolute Gasteiger partial charge is 0.266 e. The third-order valence-corrected chi connectivity index (χ3v) is 4.60. The fraction of sp³-hybridized carbons (Fsp3) is 0.316. The predicted molar refractivity (Wildman–Crippen MR) is 94.0 cm³/mol. The van der Waals surface area contributed by atoms with Crippen LogP contribution in [-0.2, 0) is 26.6 Å². The number of aromatic nitrogens is 3. The molecule has 0 aliphatic carbocycles. The average Bonchev–Trinajstić information content (AvgIpc) is 3.05. The van der Waals surface area contributed by atoms with Crippen LogP contribution in [0.3, 0.4) is 0 Å². The Morgan fingerprint density at radius 3 is 2.80 bits per heavy atom. The van der Waals surface area contributed by atoms with E-state index in [0.29, 0.717) is 13.1 Å². The molecule has 2 aromatic heterocycles. The number of nitrogens with zero attached hydrogens (tertiary/aromatic N) is 4. The lowest BCUT2D eigenvalue weighted by atomic mass is 10.1. The second-order valence-electron chi connectivity index (χ2n) is 6.58. The van der Waals surface area contributed by atoms with Gasteiger partial charge in [-0.2, -0.15) is 5.10 Å². The summed E-state index contributed by atoms with van der Waals surface area (Å²) in [6.07, 6.45) is 0.836. The van der Waals surface area contributed by atoms with Crippen LogP contribution in [0.2, 0.25) is 0 Å². The summed E-state index contributed by atoms with van der Waals surface area (Å²) in [5.74, 6) is 0.829. The van der Waals surface area contributed by atoms with Gasteiger partial charge in [0.05, 0.1) is 12.2 Å². The van der Waals surface area contributed by atoms with Crippen molar-refractivity contribution in [2.45, 2.75) is 26.4 Å². The Kier molecular flexibility index (Phi) is 3.97. The van der Waals surface area contributed by atoms with Gasteiger partial charge in [0.15, 0.2) is 5.76 Å². The summed E-state index contributed by atoms with van der Waals surface area (Å²) in [5.41, 5.74) is 5.07. The molecule has 0 bridgehead atoms. The maximum absolute atomic E-state index is 11.8. The number of fused-ring (bicyclic) bond motifs is 1. The first-order valence-electron chi connectivity index (χ1n) is 8.39. The third kappa shape index (κ3) is 3.25. The average molecular weight is 336 g/mol. The highest BCUT2D eigenvalue weighted by atomic mass is 16.5. The number of aryl methyl sites for hydroxylation is 2. The van der Waals surface area contributed by atoms with Gasteiger partial charge in [-0.15, -0.1) is 0 Å². The second kappa shape index (κ2) is 6.29. The van der Waals surface area contributed by atoms with Gasteiger partial charge in [0.1, 0.15) is 5.69 Å². The van der Waals surface area contributed by atoms with Crippen LogP contribution in [0.4, 0.5) is 0 Å². The number of hydrogen-bond acceptors (Lipinski definition) is 5. The Balaban J connectivity index is 1.49. The van der Waals surface area contributed by atoms with Crippen molar-refractivity contribution in [1.29, 1.82) is 0 Å². The summed E-state index contributed by atoms with van der Waals surface area (Å²) >= 11 is 0. The van der Waals surface area contributed by atoms with Crippen molar-refractivity contribution in [3.05, 3.63) is 69.3 Å². The molecule has 3 aromatic rings. The first kappa shape index (κ1) is 15.8. The predicted octanol–water partition coefficient (Wildman–Crippen LogP) is 2.30. The standard InChI is InChI=1S/C19H20N4O2/c1-13-3-5-14(6-4-13)18-10-16(25-21-18)12-23-8-7-17-15(11-23)9-19(24)22(2)20-17/h3-6,9-10H,7-8,11-12H2,1-2H3. The fourth-order valence-corrected chi connectivity index (χ4v) is 3.15. The van der Waals surface area contributed by atoms with Crippen molar-refractivity contribution >= 4 is 0 Å². The van der Waals surface area contributed by atoms with Gasteiger partial charge in [0.2, 0.25) is 0 Å². The van der Waals surface area contributed by atoms with Crippen LogP contribution < -0.4 is 5.56 Å². The summed E-state index contributed by atoms with van der Waals surface area (Å²) in [7, 11) is 1.69. The summed E-state index contributed by atoms with van der Waals surface area (Å²) < 4.78 is 6.91. The van der Waals surface area contributed by atoms with Crippen molar-refractivity contribution < 1.29 is 4.52 Å². The minimum absolute atomic E-state index is 0.0677. The van der Waals surface area contributed by atoms with Gasteiger partial charge >= 0.3 is 0 Å². The van der Waals surface area contributed by atoms with Gasteiger partial charge in [-0.05, 0) is 12.5 Å². The SMILES string of the molecule is Cc1ccc(-c2cc(CN3CCc4nn(C)c(=O)cc4C3)on2)cc1. The molecule has 1 aliphatic rings. The Hall–Kier alpha value is -2.73. The molecule has 0 atom stereocenters. The highest BCUT2D eigenvalue weighted by Gasteiger charge is 2.20. The van der Waals surface area contributed by atoms with E-state index >= 15 is 0 Å². The van der Waals surface area contributed by atoms with Crippen molar-refractivity contribution in [3.8, 4) is 11.3 Å². The minimum Gasteiger partial charge on any atom is -0.359 e. The minimum atomic E-state index is -0.0677. The summed E-state index contributed by atoms with van der Waals surface area (Å²) in [5, 5.41) is 8.53. The van der Waals surface area contributed by atoms with Gasteiger partial charge < -0.3 is 4.52 Å². The Labute approximate surface area is 145 Å². The Morgan fingerprint density at radius 2 is 2.00 bits per heavy atom.